The molecule has 1 saturated heterocycles. The van der Waals surface area contributed by atoms with Crippen LogP contribution in [-0.4, -0.2) is 18.0 Å². The number of piperidine rings is 1. The first-order valence-corrected chi connectivity index (χ1v) is 7.73. The third-order valence-corrected chi connectivity index (χ3v) is 5.12. The first-order valence-electron chi connectivity index (χ1n) is 7.73. The molecule has 0 aliphatic carbocycles. The summed E-state index contributed by atoms with van der Waals surface area (Å²) in [6.45, 7) is 4.85. The maximum Gasteiger partial charge on any atom is 0.0426 e. The van der Waals surface area contributed by atoms with E-state index in [0.29, 0.717) is 5.92 Å². The Morgan fingerprint density at radius 2 is 2.11 bits per heavy atom. The van der Waals surface area contributed by atoms with Crippen molar-refractivity contribution in [1.29, 1.82) is 0 Å². The van der Waals surface area contributed by atoms with E-state index in [-0.39, 0.29) is 0 Å². The number of benzene rings is 1. The van der Waals surface area contributed by atoms with Gasteiger partial charge in [-0.15, -0.1) is 0 Å². The van der Waals surface area contributed by atoms with Gasteiger partial charge in [0.25, 0.3) is 0 Å². The first kappa shape index (κ1) is 11.4. The van der Waals surface area contributed by atoms with Crippen molar-refractivity contribution in [2.75, 3.05) is 18.4 Å². The third kappa shape index (κ3) is 1.62. The lowest BCUT2D eigenvalue weighted by molar-refractivity contribution is 0.213. The van der Waals surface area contributed by atoms with Crippen LogP contribution in [0.15, 0.2) is 35.7 Å². The van der Waals surface area contributed by atoms with E-state index in [4.69, 9.17) is 0 Å². The molecule has 1 N–H and O–H groups in total. The van der Waals surface area contributed by atoms with Gasteiger partial charge in [0.2, 0.25) is 0 Å². The molecule has 1 aromatic rings. The smallest absolute Gasteiger partial charge is 0.0426 e. The zero-order chi connectivity index (χ0) is 12.8. The molecule has 19 heavy (non-hydrogen) atoms. The van der Waals surface area contributed by atoms with Crippen molar-refractivity contribution in [3.05, 3.63) is 41.2 Å². The molecule has 3 heterocycles. The van der Waals surface area contributed by atoms with Crippen LogP contribution in [0.3, 0.4) is 0 Å². The van der Waals surface area contributed by atoms with Gasteiger partial charge in [-0.25, -0.2) is 0 Å². The summed E-state index contributed by atoms with van der Waals surface area (Å²) in [6, 6.07) is 8.86. The molecule has 0 bridgehead atoms. The van der Waals surface area contributed by atoms with Gasteiger partial charge in [-0.05, 0) is 37.3 Å². The van der Waals surface area contributed by atoms with Crippen LogP contribution in [0.5, 0.6) is 0 Å². The highest BCUT2D eigenvalue weighted by Gasteiger charge is 2.38. The lowest BCUT2D eigenvalue weighted by Crippen LogP contribution is -2.39. The minimum absolute atomic E-state index is 0.634. The Labute approximate surface area is 115 Å². The maximum absolute atomic E-state index is 3.74. The van der Waals surface area contributed by atoms with E-state index < -0.39 is 0 Å². The standard InChI is InChI=1S/C17H22N2/c1-2-12-6-5-10-19-11-9-14-13-7-3-4-8-15(13)18-16(14)17(12)19/h3-4,7-8,12,14,18H,2,5-6,9-11H2,1H3. The number of nitrogens with zero attached hydrogens (tertiary/aromatic N) is 1. The van der Waals surface area contributed by atoms with E-state index in [1.807, 2.05) is 0 Å². The average Bonchev–Trinajstić information content (AvgIpc) is 2.85. The summed E-state index contributed by atoms with van der Waals surface area (Å²) in [5, 5.41) is 3.74. The van der Waals surface area contributed by atoms with E-state index in [1.165, 1.54) is 55.7 Å². The van der Waals surface area contributed by atoms with Crippen molar-refractivity contribution in [3.8, 4) is 0 Å². The molecule has 2 heteroatoms. The number of fused-ring (bicyclic) bond motifs is 4. The Balaban J connectivity index is 1.82. The molecule has 2 unspecified atom stereocenters. The third-order valence-electron chi connectivity index (χ3n) is 5.12. The van der Waals surface area contributed by atoms with Gasteiger partial charge >= 0.3 is 0 Å². The zero-order valence-corrected chi connectivity index (χ0v) is 11.7. The number of para-hydroxylation sites is 1. The maximum atomic E-state index is 3.74. The predicted molar refractivity (Wildman–Crippen MR) is 79.0 cm³/mol. The van der Waals surface area contributed by atoms with E-state index in [0.717, 1.165) is 5.92 Å². The molecule has 3 aliphatic rings. The van der Waals surface area contributed by atoms with Crippen molar-refractivity contribution in [3.63, 3.8) is 0 Å². The first-order chi connectivity index (χ1) is 9.38. The summed E-state index contributed by atoms with van der Waals surface area (Å²) < 4.78 is 0. The van der Waals surface area contributed by atoms with Crippen LogP contribution < -0.4 is 5.32 Å². The fraction of sp³-hybridized carbons (Fsp3) is 0.529. The highest BCUT2D eigenvalue weighted by atomic mass is 15.2. The molecule has 0 saturated carbocycles. The number of hydrogen-bond donors (Lipinski definition) is 1. The quantitative estimate of drug-likeness (QED) is 0.816. The van der Waals surface area contributed by atoms with Crippen LogP contribution >= 0.6 is 0 Å². The molecule has 0 aromatic heterocycles. The molecule has 1 fully saturated rings. The fourth-order valence-electron chi connectivity index (χ4n) is 4.19. The van der Waals surface area contributed by atoms with Crippen LogP contribution in [0, 0.1) is 5.92 Å². The monoisotopic (exact) mass is 254 g/mol. The molecule has 0 radical (unpaired) electrons. The van der Waals surface area contributed by atoms with E-state index in [9.17, 15) is 0 Å². The van der Waals surface area contributed by atoms with E-state index in [2.05, 4.69) is 41.4 Å². The highest BCUT2D eigenvalue weighted by molar-refractivity contribution is 5.66. The number of hydrogen-bond acceptors (Lipinski definition) is 2. The largest absolute Gasteiger partial charge is 0.373 e. The summed E-state index contributed by atoms with van der Waals surface area (Å²) in [5.74, 6) is 1.41. The molecular weight excluding hydrogens is 232 g/mol. The van der Waals surface area contributed by atoms with Crippen LogP contribution in [0.1, 0.15) is 44.1 Å². The van der Waals surface area contributed by atoms with Crippen molar-refractivity contribution >= 4 is 5.69 Å². The van der Waals surface area contributed by atoms with Gasteiger partial charge in [-0.3, -0.25) is 0 Å². The molecule has 0 amide bonds. The van der Waals surface area contributed by atoms with Gasteiger partial charge in [-0.2, -0.15) is 0 Å². The van der Waals surface area contributed by atoms with Gasteiger partial charge in [0.05, 0.1) is 0 Å². The van der Waals surface area contributed by atoms with Crippen molar-refractivity contribution in [2.24, 2.45) is 5.92 Å². The minimum Gasteiger partial charge on any atom is -0.373 e. The number of anilines is 1. The second-order valence-electron chi connectivity index (χ2n) is 6.09. The topological polar surface area (TPSA) is 15.3 Å². The SMILES string of the molecule is CCC1CCCN2CCC3C(=C12)Nc1ccccc13. The second kappa shape index (κ2) is 4.29. The number of nitrogens with one attached hydrogen (secondary N) is 1. The van der Waals surface area contributed by atoms with Crippen molar-refractivity contribution < 1.29 is 0 Å². The van der Waals surface area contributed by atoms with Crippen LogP contribution in [0.4, 0.5) is 5.69 Å². The Morgan fingerprint density at radius 3 is 3.00 bits per heavy atom. The van der Waals surface area contributed by atoms with Crippen LogP contribution in [-0.2, 0) is 0 Å². The summed E-state index contributed by atoms with van der Waals surface area (Å²) >= 11 is 0. The number of rotatable bonds is 1. The number of allylic oxidation sites excluding steroid dienone is 2. The average molecular weight is 254 g/mol. The molecular formula is C17H22N2. The van der Waals surface area contributed by atoms with Gasteiger partial charge in [0.1, 0.15) is 0 Å². The predicted octanol–water partition coefficient (Wildman–Crippen LogP) is 3.93. The lowest BCUT2D eigenvalue weighted by Gasteiger charge is -2.42. The van der Waals surface area contributed by atoms with Gasteiger partial charge in [0.15, 0.2) is 0 Å². The Bertz CT molecular complexity index is 532. The minimum atomic E-state index is 0.634. The van der Waals surface area contributed by atoms with E-state index in [1.54, 1.807) is 5.70 Å². The molecule has 100 valence electrons. The second-order valence-corrected chi connectivity index (χ2v) is 6.09. The fourth-order valence-corrected chi connectivity index (χ4v) is 4.19. The van der Waals surface area contributed by atoms with Gasteiger partial charge < -0.3 is 10.2 Å². The molecule has 1 aromatic carbocycles. The molecule has 2 nitrogen and oxygen atoms in total. The molecule has 4 rings (SSSR count). The lowest BCUT2D eigenvalue weighted by atomic mass is 9.82. The summed E-state index contributed by atoms with van der Waals surface area (Å²) in [4.78, 5) is 2.66. The van der Waals surface area contributed by atoms with Gasteiger partial charge in [-0.1, -0.05) is 25.1 Å². The Hall–Kier alpha value is -1.44. The van der Waals surface area contributed by atoms with Crippen LogP contribution in [0.25, 0.3) is 0 Å². The summed E-state index contributed by atoms with van der Waals surface area (Å²) in [5.41, 5.74) is 6.03. The van der Waals surface area contributed by atoms with Crippen molar-refractivity contribution in [1.82, 2.24) is 4.90 Å². The van der Waals surface area contributed by atoms with E-state index >= 15 is 0 Å². The summed E-state index contributed by atoms with van der Waals surface area (Å²) in [6.07, 6.45) is 5.29. The highest BCUT2D eigenvalue weighted by Crippen LogP contribution is 2.48. The summed E-state index contributed by atoms with van der Waals surface area (Å²) in [7, 11) is 0. The molecule has 0 spiro atoms. The Morgan fingerprint density at radius 1 is 1.21 bits per heavy atom. The molecule has 3 aliphatic heterocycles. The normalized spacial score (nSPS) is 28.6. The van der Waals surface area contributed by atoms with Crippen LogP contribution in [0.2, 0.25) is 0 Å². The Kier molecular flexibility index (Phi) is 2.57. The van der Waals surface area contributed by atoms with Gasteiger partial charge in [0, 0.05) is 42.0 Å². The van der Waals surface area contributed by atoms with Crippen molar-refractivity contribution in [2.45, 2.75) is 38.5 Å². The zero-order valence-electron chi connectivity index (χ0n) is 11.7. The molecule has 2 atom stereocenters.